The number of nitrogens with zero attached hydrogens (tertiary/aromatic N) is 3. The minimum Gasteiger partial charge on any atom is -0.379 e. The summed E-state index contributed by atoms with van der Waals surface area (Å²) in [6.45, 7) is 2.39. The standard InChI is InChI=1S/C23H24F3N3O4S2/c24-16-10-15(22(26)19(25)11-16)14-34-23-27-20-12-18(35(30,31)28-5-8-32-9-6-28)3-4-21(20)29(23)13-17-2-1-7-33-17/h3-4,10-12,17H,1-2,5-9,13-14H2/t17-/m1/s1. The van der Waals surface area contributed by atoms with Crippen LogP contribution in [0.5, 0.6) is 0 Å². The number of ether oxygens (including phenoxy) is 2. The van der Waals surface area contributed by atoms with Gasteiger partial charge in [-0.15, -0.1) is 0 Å². The first-order valence-electron chi connectivity index (χ1n) is 11.3. The van der Waals surface area contributed by atoms with E-state index in [1.807, 2.05) is 4.57 Å². The molecule has 0 N–H and O–H groups in total. The fraction of sp³-hybridized carbons (Fsp3) is 0.435. The van der Waals surface area contributed by atoms with Crippen molar-refractivity contribution in [1.82, 2.24) is 13.9 Å². The molecule has 0 radical (unpaired) electrons. The van der Waals surface area contributed by atoms with E-state index in [2.05, 4.69) is 4.98 Å². The van der Waals surface area contributed by atoms with Crippen molar-refractivity contribution in [3.05, 3.63) is 53.3 Å². The van der Waals surface area contributed by atoms with E-state index in [9.17, 15) is 21.6 Å². The van der Waals surface area contributed by atoms with Crippen LogP contribution in [-0.2, 0) is 31.8 Å². The minimum atomic E-state index is -3.71. The number of hydrogen-bond acceptors (Lipinski definition) is 6. The second kappa shape index (κ2) is 10.1. The summed E-state index contributed by atoms with van der Waals surface area (Å²) in [5.74, 6) is -3.25. The van der Waals surface area contributed by atoms with Crippen molar-refractivity contribution in [1.29, 1.82) is 0 Å². The smallest absolute Gasteiger partial charge is 0.243 e. The summed E-state index contributed by atoms with van der Waals surface area (Å²) in [5, 5.41) is 0.487. The molecule has 0 saturated carbocycles. The zero-order valence-corrected chi connectivity index (χ0v) is 20.4. The Hall–Kier alpha value is -2.12. The predicted octanol–water partition coefficient (Wildman–Crippen LogP) is 3.95. The van der Waals surface area contributed by atoms with Crippen LogP contribution in [0.3, 0.4) is 0 Å². The van der Waals surface area contributed by atoms with E-state index in [1.54, 1.807) is 12.1 Å². The van der Waals surface area contributed by atoms with Crippen molar-refractivity contribution in [2.45, 2.75) is 41.3 Å². The topological polar surface area (TPSA) is 73.7 Å². The number of aromatic nitrogens is 2. The zero-order valence-electron chi connectivity index (χ0n) is 18.8. The summed E-state index contributed by atoms with van der Waals surface area (Å²) in [6.07, 6.45) is 1.78. The Balaban J connectivity index is 1.49. The number of thioether (sulfide) groups is 1. The lowest BCUT2D eigenvalue weighted by Crippen LogP contribution is -2.40. The van der Waals surface area contributed by atoms with Gasteiger partial charge in [0.2, 0.25) is 10.0 Å². The summed E-state index contributed by atoms with van der Waals surface area (Å²) in [6, 6.07) is 6.25. The number of morpholine rings is 1. The van der Waals surface area contributed by atoms with Gasteiger partial charge in [-0.05, 0) is 37.1 Å². The van der Waals surface area contributed by atoms with Gasteiger partial charge in [0, 0.05) is 37.1 Å². The van der Waals surface area contributed by atoms with E-state index in [0.717, 1.165) is 30.7 Å². The highest BCUT2D eigenvalue weighted by molar-refractivity contribution is 7.98. The van der Waals surface area contributed by atoms with Gasteiger partial charge >= 0.3 is 0 Å². The maximum atomic E-state index is 14.2. The van der Waals surface area contributed by atoms with E-state index in [-0.39, 0.29) is 35.4 Å². The SMILES string of the molecule is O=S(=O)(c1ccc2c(c1)nc(SCc1cc(F)cc(F)c1F)n2C[C@H]1CCCO1)N1CCOCC1. The molecule has 0 bridgehead atoms. The van der Waals surface area contributed by atoms with Crippen molar-refractivity contribution in [2.24, 2.45) is 0 Å². The van der Waals surface area contributed by atoms with E-state index in [1.165, 1.54) is 10.4 Å². The Morgan fingerprint density at radius 2 is 1.89 bits per heavy atom. The molecule has 35 heavy (non-hydrogen) atoms. The van der Waals surface area contributed by atoms with Gasteiger partial charge < -0.3 is 14.0 Å². The van der Waals surface area contributed by atoms with Crippen LogP contribution >= 0.6 is 11.8 Å². The first-order valence-corrected chi connectivity index (χ1v) is 13.7. The third-order valence-electron chi connectivity index (χ3n) is 6.13. The maximum absolute atomic E-state index is 14.2. The molecule has 0 amide bonds. The summed E-state index contributed by atoms with van der Waals surface area (Å²) in [5.41, 5.74) is 1.05. The second-order valence-corrected chi connectivity index (χ2v) is 11.3. The first-order chi connectivity index (χ1) is 16.8. The fourth-order valence-electron chi connectivity index (χ4n) is 4.32. The highest BCUT2D eigenvalue weighted by Crippen LogP contribution is 2.31. The summed E-state index contributed by atoms with van der Waals surface area (Å²) < 4.78 is 82.0. The van der Waals surface area contributed by atoms with Crippen molar-refractivity contribution < 1.29 is 31.1 Å². The predicted molar refractivity (Wildman–Crippen MR) is 124 cm³/mol. The van der Waals surface area contributed by atoms with E-state index >= 15 is 0 Å². The molecule has 2 fully saturated rings. The second-order valence-electron chi connectivity index (χ2n) is 8.46. The number of sulfonamides is 1. The van der Waals surface area contributed by atoms with Gasteiger partial charge in [0.15, 0.2) is 16.8 Å². The molecule has 12 heteroatoms. The Morgan fingerprint density at radius 3 is 2.63 bits per heavy atom. The van der Waals surface area contributed by atoms with Gasteiger partial charge in [-0.3, -0.25) is 0 Å². The number of benzene rings is 2. The van der Waals surface area contributed by atoms with Crippen molar-refractivity contribution in [3.63, 3.8) is 0 Å². The van der Waals surface area contributed by atoms with E-state index < -0.39 is 27.5 Å². The minimum absolute atomic E-state index is 0.0353. The molecule has 2 aliphatic heterocycles. The molecule has 3 heterocycles. The van der Waals surface area contributed by atoms with Crippen LogP contribution in [0.1, 0.15) is 18.4 Å². The van der Waals surface area contributed by atoms with Crippen LogP contribution in [0.15, 0.2) is 40.4 Å². The number of hydrogen-bond donors (Lipinski definition) is 0. The van der Waals surface area contributed by atoms with Crippen LogP contribution in [-0.4, -0.2) is 61.3 Å². The van der Waals surface area contributed by atoms with Gasteiger partial charge in [-0.2, -0.15) is 4.31 Å². The van der Waals surface area contributed by atoms with Gasteiger partial charge in [0.25, 0.3) is 0 Å². The molecular formula is C23H24F3N3O4S2. The van der Waals surface area contributed by atoms with Gasteiger partial charge in [-0.25, -0.2) is 26.6 Å². The third-order valence-corrected chi connectivity index (χ3v) is 9.05. The lowest BCUT2D eigenvalue weighted by Gasteiger charge is -2.26. The van der Waals surface area contributed by atoms with Crippen molar-refractivity contribution in [2.75, 3.05) is 32.9 Å². The number of imidazole rings is 1. The molecule has 2 aromatic carbocycles. The molecule has 3 aromatic rings. The number of rotatable bonds is 7. The van der Waals surface area contributed by atoms with Crippen LogP contribution in [0, 0.1) is 17.5 Å². The monoisotopic (exact) mass is 527 g/mol. The number of fused-ring (bicyclic) bond motifs is 1. The van der Waals surface area contributed by atoms with Gasteiger partial charge in [-0.1, -0.05) is 11.8 Å². The molecule has 188 valence electrons. The molecule has 0 unspecified atom stereocenters. The number of halogens is 3. The maximum Gasteiger partial charge on any atom is 0.243 e. The Kier molecular flexibility index (Phi) is 7.09. The van der Waals surface area contributed by atoms with Crippen LogP contribution in [0.4, 0.5) is 13.2 Å². The van der Waals surface area contributed by atoms with Crippen LogP contribution in [0.2, 0.25) is 0 Å². The van der Waals surface area contributed by atoms with Gasteiger partial charge in [0.05, 0.1) is 41.8 Å². The molecule has 7 nitrogen and oxygen atoms in total. The largest absolute Gasteiger partial charge is 0.379 e. The third kappa shape index (κ3) is 5.08. The Bertz CT molecular complexity index is 1340. The van der Waals surface area contributed by atoms with Gasteiger partial charge in [0.1, 0.15) is 5.82 Å². The summed E-state index contributed by atoms with van der Waals surface area (Å²) in [4.78, 5) is 4.74. The molecular weight excluding hydrogens is 503 g/mol. The van der Waals surface area contributed by atoms with Crippen LogP contribution in [0.25, 0.3) is 11.0 Å². The first kappa shape index (κ1) is 24.6. The normalized spacial score (nSPS) is 19.6. The molecule has 1 aromatic heterocycles. The highest BCUT2D eigenvalue weighted by atomic mass is 32.2. The fourth-order valence-corrected chi connectivity index (χ4v) is 6.73. The molecule has 2 aliphatic rings. The van der Waals surface area contributed by atoms with E-state index in [0.29, 0.717) is 48.6 Å². The molecule has 2 saturated heterocycles. The lowest BCUT2D eigenvalue weighted by atomic mass is 10.2. The average molecular weight is 528 g/mol. The summed E-state index contributed by atoms with van der Waals surface area (Å²) in [7, 11) is -3.71. The molecule has 5 rings (SSSR count). The Labute approximate surface area is 205 Å². The van der Waals surface area contributed by atoms with Crippen molar-refractivity contribution in [3.8, 4) is 0 Å². The van der Waals surface area contributed by atoms with E-state index in [4.69, 9.17) is 9.47 Å². The molecule has 1 atom stereocenters. The van der Waals surface area contributed by atoms with Crippen LogP contribution < -0.4 is 0 Å². The highest BCUT2D eigenvalue weighted by Gasteiger charge is 2.28. The lowest BCUT2D eigenvalue weighted by molar-refractivity contribution is 0.0730. The van der Waals surface area contributed by atoms with Crippen molar-refractivity contribution >= 4 is 32.8 Å². The molecule has 0 spiro atoms. The quantitative estimate of drug-likeness (QED) is 0.342. The summed E-state index contributed by atoms with van der Waals surface area (Å²) >= 11 is 1.13. The zero-order chi connectivity index (χ0) is 24.6. The Morgan fingerprint density at radius 1 is 1.09 bits per heavy atom. The average Bonchev–Trinajstić information content (AvgIpc) is 3.49. The molecule has 0 aliphatic carbocycles.